The van der Waals surface area contributed by atoms with E-state index < -0.39 is 10.0 Å². The van der Waals surface area contributed by atoms with E-state index in [2.05, 4.69) is 10.0 Å². The molecular formula is C18H20N2O3S. The first-order valence-corrected chi connectivity index (χ1v) is 9.24. The molecule has 0 heterocycles. The van der Waals surface area contributed by atoms with Crippen LogP contribution in [0.1, 0.15) is 18.1 Å². The minimum absolute atomic E-state index is 0.0263. The van der Waals surface area contributed by atoms with Crippen molar-refractivity contribution in [3.63, 3.8) is 0 Å². The first kappa shape index (κ1) is 17.7. The topological polar surface area (TPSA) is 75.3 Å². The third-order valence-electron chi connectivity index (χ3n) is 3.30. The predicted octanol–water partition coefficient (Wildman–Crippen LogP) is 2.78. The van der Waals surface area contributed by atoms with E-state index in [1.54, 1.807) is 37.3 Å². The Balaban J connectivity index is 1.86. The lowest BCUT2D eigenvalue weighted by molar-refractivity contribution is -0.116. The van der Waals surface area contributed by atoms with E-state index in [9.17, 15) is 13.2 Å². The molecule has 0 unspecified atom stereocenters. The summed E-state index contributed by atoms with van der Waals surface area (Å²) >= 11 is 0. The zero-order chi connectivity index (χ0) is 17.4. The van der Waals surface area contributed by atoms with Gasteiger partial charge in [0, 0.05) is 18.3 Å². The molecule has 0 atom stereocenters. The van der Waals surface area contributed by atoms with Crippen molar-refractivity contribution in [2.45, 2.75) is 13.5 Å². The fourth-order valence-corrected chi connectivity index (χ4v) is 2.57. The molecule has 0 aliphatic rings. The maximum atomic E-state index is 11.8. The third-order valence-corrected chi connectivity index (χ3v) is 4.61. The van der Waals surface area contributed by atoms with Gasteiger partial charge in [0.15, 0.2) is 0 Å². The Kier molecular flexibility index (Phi) is 6.14. The predicted molar refractivity (Wildman–Crippen MR) is 96.8 cm³/mol. The van der Waals surface area contributed by atoms with Gasteiger partial charge in [-0.05, 0) is 36.3 Å². The second kappa shape index (κ2) is 8.31. The summed E-state index contributed by atoms with van der Waals surface area (Å²) in [5.74, 6) is -0.159. The average Bonchev–Trinajstić information content (AvgIpc) is 2.60. The smallest absolute Gasteiger partial charge is 0.244 e. The molecule has 126 valence electrons. The molecule has 2 rings (SSSR count). The summed E-state index contributed by atoms with van der Waals surface area (Å²) in [5, 5.41) is 2.78. The Hall–Kier alpha value is -2.60. The maximum absolute atomic E-state index is 11.8. The van der Waals surface area contributed by atoms with Gasteiger partial charge < -0.3 is 5.32 Å². The average molecular weight is 344 g/mol. The van der Waals surface area contributed by atoms with Crippen molar-refractivity contribution in [3.05, 3.63) is 71.8 Å². The molecular weight excluding hydrogens is 324 g/mol. The van der Waals surface area contributed by atoms with E-state index in [0.29, 0.717) is 12.2 Å². The van der Waals surface area contributed by atoms with E-state index >= 15 is 0 Å². The Morgan fingerprint density at radius 2 is 1.71 bits per heavy atom. The zero-order valence-corrected chi connectivity index (χ0v) is 14.2. The van der Waals surface area contributed by atoms with Crippen molar-refractivity contribution < 1.29 is 13.2 Å². The molecule has 2 aromatic rings. The fourth-order valence-electron chi connectivity index (χ4n) is 1.93. The molecule has 5 nitrogen and oxygen atoms in total. The van der Waals surface area contributed by atoms with Crippen LogP contribution in [0, 0.1) is 0 Å². The fraction of sp³-hybridized carbons (Fsp3) is 0.167. The number of carbonyl (C=O) groups excluding carboxylic acids is 1. The van der Waals surface area contributed by atoms with Gasteiger partial charge in [-0.25, -0.2) is 8.42 Å². The van der Waals surface area contributed by atoms with Gasteiger partial charge in [-0.3, -0.25) is 9.52 Å². The second-order valence-electron chi connectivity index (χ2n) is 5.16. The first-order valence-electron chi connectivity index (χ1n) is 7.59. The lowest BCUT2D eigenvalue weighted by atomic mass is 10.2. The second-order valence-corrected chi connectivity index (χ2v) is 7.18. The molecule has 24 heavy (non-hydrogen) atoms. The molecule has 0 aliphatic carbocycles. The van der Waals surface area contributed by atoms with Crippen LogP contribution in [-0.4, -0.2) is 20.1 Å². The minimum atomic E-state index is -3.27. The molecule has 6 heteroatoms. The van der Waals surface area contributed by atoms with Gasteiger partial charge in [0.2, 0.25) is 15.9 Å². The first-order chi connectivity index (χ1) is 11.5. The SMILES string of the molecule is CCS(=O)(=O)Nc1ccc(CNC(=O)C=Cc2ccccc2)cc1. The van der Waals surface area contributed by atoms with Crippen LogP contribution in [0.15, 0.2) is 60.7 Å². The van der Waals surface area contributed by atoms with E-state index in [1.165, 1.54) is 6.08 Å². The molecule has 2 N–H and O–H groups in total. The van der Waals surface area contributed by atoms with E-state index in [1.807, 2.05) is 30.3 Å². The van der Waals surface area contributed by atoms with Crippen molar-refractivity contribution in [3.8, 4) is 0 Å². The van der Waals surface area contributed by atoms with E-state index in [0.717, 1.165) is 11.1 Å². The Labute approximate surface area is 142 Å². The van der Waals surface area contributed by atoms with Crippen molar-refractivity contribution in [2.24, 2.45) is 0 Å². The highest BCUT2D eigenvalue weighted by atomic mass is 32.2. The summed E-state index contributed by atoms with van der Waals surface area (Å²) < 4.78 is 25.4. The highest BCUT2D eigenvalue weighted by Crippen LogP contribution is 2.11. The van der Waals surface area contributed by atoms with Crippen LogP contribution in [0.2, 0.25) is 0 Å². The van der Waals surface area contributed by atoms with Crippen molar-refractivity contribution in [1.82, 2.24) is 5.32 Å². The lowest BCUT2D eigenvalue weighted by Crippen LogP contribution is -2.20. The van der Waals surface area contributed by atoms with Crippen LogP contribution in [0.4, 0.5) is 5.69 Å². The molecule has 1 amide bonds. The molecule has 0 aliphatic heterocycles. The Morgan fingerprint density at radius 3 is 2.33 bits per heavy atom. The molecule has 0 spiro atoms. The highest BCUT2D eigenvalue weighted by molar-refractivity contribution is 7.92. The molecule has 0 fully saturated rings. The minimum Gasteiger partial charge on any atom is -0.348 e. The standard InChI is InChI=1S/C18H20N2O3S/c1-2-24(22,23)20-17-11-8-16(9-12-17)14-19-18(21)13-10-15-6-4-3-5-7-15/h3-13,20H,2,14H2,1H3,(H,19,21). The van der Waals surface area contributed by atoms with Crippen molar-refractivity contribution in [1.29, 1.82) is 0 Å². The van der Waals surface area contributed by atoms with Crippen LogP contribution in [0.5, 0.6) is 0 Å². The van der Waals surface area contributed by atoms with Crippen LogP contribution in [0.25, 0.3) is 6.08 Å². The third kappa shape index (κ3) is 5.89. The molecule has 0 bridgehead atoms. The van der Waals surface area contributed by atoms with Gasteiger partial charge in [-0.2, -0.15) is 0 Å². The number of amides is 1. The van der Waals surface area contributed by atoms with Crippen molar-refractivity contribution >= 4 is 27.7 Å². The summed E-state index contributed by atoms with van der Waals surface area (Å²) in [7, 11) is -3.27. The number of hydrogen-bond donors (Lipinski definition) is 2. The van der Waals surface area contributed by atoms with Crippen LogP contribution >= 0.6 is 0 Å². The summed E-state index contributed by atoms with van der Waals surface area (Å²) in [4.78, 5) is 11.8. The zero-order valence-electron chi connectivity index (χ0n) is 13.4. The normalized spacial score (nSPS) is 11.4. The van der Waals surface area contributed by atoms with Gasteiger partial charge in [0.25, 0.3) is 0 Å². The number of rotatable bonds is 7. The molecule has 0 radical (unpaired) electrons. The number of sulfonamides is 1. The van der Waals surface area contributed by atoms with Crippen molar-refractivity contribution in [2.75, 3.05) is 10.5 Å². The van der Waals surface area contributed by atoms with Crippen LogP contribution in [0.3, 0.4) is 0 Å². The summed E-state index contributed by atoms with van der Waals surface area (Å²) in [5.41, 5.74) is 2.35. The Morgan fingerprint density at radius 1 is 1.04 bits per heavy atom. The molecule has 0 saturated heterocycles. The van der Waals surface area contributed by atoms with Gasteiger partial charge in [-0.15, -0.1) is 0 Å². The number of nitrogens with one attached hydrogen (secondary N) is 2. The summed E-state index contributed by atoms with van der Waals surface area (Å²) in [6.07, 6.45) is 3.23. The van der Waals surface area contributed by atoms with E-state index in [4.69, 9.17) is 0 Å². The number of carbonyl (C=O) groups is 1. The molecule has 0 saturated carbocycles. The van der Waals surface area contributed by atoms with Crippen LogP contribution < -0.4 is 10.0 Å². The Bertz CT molecular complexity index is 798. The maximum Gasteiger partial charge on any atom is 0.244 e. The number of benzene rings is 2. The van der Waals surface area contributed by atoms with Gasteiger partial charge >= 0.3 is 0 Å². The largest absolute Gasteiger partial charge is 0.348 e. The van der Waals surface area contributed by atoms with Crippen LogP contribution in [-0.2, 0) is 21.4 Å². The van der Waals surface area contributed by atoms with Gasteiger partial charge in [0.1, 0.15) is 0 Å². The van der Waals surface area contributed by atoms with Gasteiger partial charge in [-0.1, -0.05) is 42.5 Å². The van der Waals surface area contributed by atoms with E-state index in [-0.39, 0.29) is 11.7 Å². The molecule has 2 aromatic carbocycles. The summed E-state index contributed by atoms with van der Waals surface area (Å²) in [6.45, 7) is 1.95. The lowest BCUT2D eigenvalue weighted by Gasteiger charge is -2.07. The summed E-state index contributed by atoms with van der Waals surface area (Å²) in [6, 6.07) is 16.5. The monoisotopic (exact) mass is 344 g/mol. The number of anilines is 1. The molecule has 0 aromatic heterocycles. The highest BCUT2D eigenvalue weighted by Gasteiger charge is 2.06. The van der Waals surface area contributed by atoms with Gasteiger partial charge in [0.05, 0.1) is 5.75 Å². The quantitative estimate of drug-likeness (QED) is 0.759. The number of hydrogen-bond acceptors (Lipinski definition) is 3.